The minimum absolute atomic E-state index is 0.130. The van der Waals surface area contributed by atoms with Gasteiger partial charge in [-0.3, -0.25) is 4.98 Å². The largest absolute Gasteiger partial charge is 0.464 e. The highest BCUT2D eigenvalue weighted by atomic mass is 16.5. The first-order valence-electron chi connectivity index (χ1n) is 5.43. The monoisotopic (exact) mass is 246 g/mol. The standard InChI is InChI=1S/C12H14N4O2/c1-8-4-3-5-9(15-8)6-16-7-14-10(11(16)13)12(17)18-2/h3-5,7H,6,13H2,1-2H3. The van der Waals surface area contributed by atoms with Gasteiger partial charge in [-0.05, 0) is 19.1 Å². The maximum Gasteiger partial charge on any atom is 0.360 e. The molecule has 6 heteroatoms. The molecule has 0 bridgehead atoms. The summed E-state index contributed by atoms with van der Waals surface area (Å²) in [4.78, 5) is 19.7. The summed E-state index contributed by atoms with van der Waals surface area (Å²) in [7, 11) is 1.29. The fourth-order valence-corrected chi connectivity index (χ4v) is 1.63. The van der Waals surface area contributed by atoms with Crippen LogP contribution in [0.2, 0.25) is 0 Å². The van der Waals surface area contributed by atoms with E-state index in [-0.39, 0.29) is 11.5 Å². The van der Waals surface area contributed by atoms with E-state index in [1.54, 1.807) is 4.57 Å². The number of carbonyl (C=O) groups is 1. The number of hydrogen-bond donors (Lipinski definition) is 1. The molecule has 2 aromatic heterocycles. The highest BCUT2D eigenvalue weighted by Gasteiger charge is 2.16. The molecule has 0 fully saturated rings. The van der Waals surface area contributed by atoms with Crippen LogP contribution >= 0.6 is 0 Å². The van der Waals surface area contributed by atoms with E-state index in [1.165, 1.54) is 13.4 Å². The lowest BCUT2D eigenvalue weighted by Gasteiger charge is -2.05. The van der Waals surface area contributed by atoms with Crippen molar-refractivity contribution in [1.29, 1.82) is 0 Å². The average Bonchev–Trinajstić information content (AvgIpc) is 2.70. The minimum atomic E-state index is -0.538. The molecule has 0 aromatic carbocycles. The van der Waals surface area contributed by atoms with Crippen LogP contribution in [0.1, 0.15) is 21.9 Å². The second kappa shape index (κ2) is 4.87. The molecule has 6 nitrogen and oxygen atoms in total. The van der Waals surface area contributed by atoms with Crippen molar-refractivity contribution in [3.05, 3.63) is 41.6 Å². The predicted molar refractivity (Wildman–Crippen MR) is 66.1 cm³/mol. The fourth-order valence-electron chi connectivity index (χ4n) is 1.63. The summed E-state index contributed by atoms with van der Waals surface area (Å²) < 4.78 is 6.25. The summed E-state index contributed by atoms with van der Waals surface area (Å²) in [5, 5.41) is 0. The van der Waals surface area contributed by atoms with Gasteiger partial charge in [0.2, 0.25) is 0 Å². The molecule has 18 heavy (non-hydrogen) atoms. The van der Waals surface area contributed by atoms with Crippen molar-refractivity contribution in [2.24, 2.45) is 0 Å². The minimum Gasteiger partial charge on any atom is -0.464 e. The summed E-state index contributed by atoms with van der Waals surface area (Å²) >= 11 is 0. The van der Waals surface area contributed by atoms with Crippen molar-refractivity contribution in [3.63, 3.8) is 0 Å². The summed E-state index contributed by atoms with van der Waals surface area (Å²) in [6.07, 6.45) is 1.51. The van der Waals surface area contributed by atoms with Crippen LogP contribution in [0.3, 0.4) is 0 Å². The Labute approximate surface area is 104 Å². The normalized spacial score (nSPS) is 10.3. The molecule has 0 saturated carbocycles. The molecule has 0 aliphatic rings. The molecular weight excluding hydrogens is 232 g/mol. The zero-order valence-corrected chi connectivity index (χ0v) is 10.3. The Balaban J connectivity index is 2.25. The predicted octanol–water partition coefficient (Wildman–Crippen LogP) is 1.00. The fraction of sp³-hybridized carbons (Fsp3) is 0.250. The highest BCUT2D eigenvalue weighted by Crippen LogP contribution is 2.13. The van der Waals surface area contributed by atoms with Gasteiger partial charge in [-0.25, -0.2) is 9.78 Å². The van der Waals surface area contributed by atoms with Gasteiger partial charge >= 0.3 is 5.97 Å². The van der Waals surface area contributed by atoms with Gasteiger partial charge in [0.15, 0.2) is 5.69 Å². The smallest absolute Gasteiger partial charge is 0.360 e. The van der Waals surface area contributed by atoms with Gasteiger partial charge in [0.25, 0.3) is 0 Å². The number of anilines is 1. The van der Waals surface area contributed by atoms with Gasteiger partial charge in [0.05, 0.1) is 25.7 Å². The van der Waals surface area contributed by atoms with E-state index in [2.05, 4.69) is 14.7 Å². The molecular formula is C12H14N4O2. The summed E-state index contributed by atoms with van der Waals surface area (Å²) in [6.45, 7) is 2.39. The van der Waals surface area contributed by atoms with Gasteiger partial charge in [-0.15, -0.1) is 0 Å². The maximum atomic E-state index is 11.4. The number of imidazole rings is 1. The quantitative estimate of drug-likeness (QED) is 0.817. The molecule has 0 aliphatic heterocycles. The molecule has 0 amide bonds. The number of aromatic nitrogens is 3. The number of aryl methyl sites for hydroxylation is 1. The Morgan fingerprint density at radius 2 is 2.28 bits per heavy atom. The second-order valence-electron chi connectivity index (χ2n) is 3.87. The van der Waals surface area contributed by atoms with Crippen LogP contribution in [0, 0.1) is 6.92 Å². The number of ether oxygens (including phenoxy) is 1. The van der Waals surface area contributed by atoms with Crippen LogP contribution in [-0.4, -0.2) is 27.6 Å². The van der Waals surface area contributed by atoms with Crippen LogP contribution in [0.25, 0.3) is 0 Å². The third kappa shape index (κ3) is 2.32. The molecule has 0 radical (unpaired) electrons. The molecule has 2 rings (SSSR count). The molecule has 2 heterocycles. The van der Waals surface area contributed by atoms with E-state index in [9.17, 15) is 4.79 Å². The SMILES string of the molecule is COC(=O)c1ncn(Cc2cccc(C)n2)c1N. The molecule has 0 spiro atoms. The van der Waals surface area contributed by atoms with Crippen molar-refractivity contribution in [2.75, 3.05) is 12.8 Å². The van der Waals surface area contributed by atoms with Crippen LogP contribution in [-0.2, 0) is 11.3 Å². The lowest BCUT2D eigenvalue weighted by atomic mass is 10.3. The van der Waals surface area contributed by atoms with Crippen LogP contribution < -0.4 is 5.73 Å². The molecule has 2 aromatic rings. The van der Waals surface area contributed by atoms with Crippen molar-refractivity contribution in [2.45, 2.75) is 13.5 Å². The van der Waals surface area contributed by atoms with E-state index in [4.69, 9.17) is 5.73 Å². The van der Waals surface area contributed by atoms with Gasteiger partial charge in [-0.1, -0.05) is 6.07 Å². The topological polar surface area (TPSA) is 83.0 Å². The van der Waals surface area contributed by atoms with E-state index in [0.717, 1.165) is 11.4 Å². The Bertz CT molecular complexity index is 577. The summed E-state index contributed by atoms with van der Waals surface area (Å²) in [5.74, 6) is -0.256. The zero-order valence-electron chi connectivity index (χ0n) is 10.3. The number of nitrogen functional groups attached to an aromatic ring is 1. The van der Waals surface area contributed by atoms with E-state index in [0.29, 0.717) is 6.54 Å². The molecule has 0 atom stereocenters. The van der Waals surface area contributed by atoms with Crippen molar-refractivity contribution in [3.8, 4) is 0 Å². The Morgan fingerprint density at radius 3 is 2.94 bits per heavy atom. The second-order valence-corrected chi connectivity index (χ2v) is 3.87. The third-order valence-corrected chi connectivity index (χ3v) is 2.54. The molecule has 0 saturated heterocycles. The lowest BCUT2D eigenvalue weighted by Crippen LogP contribution is -2.09. The number of nitrogens with zero attached hydrogens (tertiary/aromatic N) is 3. The van der Waals surface area contributed by atoms with E-state index < -0.39 is 5.97 Å². The van der Waals surface area contributed by atoms with Gasteiger partial charge in [0, 0.05) is 5.69 Å². The zero-order chi connectivity index (χ0) is 13.1. The molecule has 2 N–H and O–H groups in total. The average molecular weight is 246 g/mol. The number of esters is 1. The molecule has 0 unspecified atom stereocenters. The molecule has 94 valence electrons. The maximum absolute atomic E-state index is 11.4. The van der Waals surface area contributed by atoms with E-state index >= 15 is 0 Å². The van der Waals surface area contributed by atoms with Crippen LogP contribution in [0.15, 0.2) is 24.5 Å². The Morgan fingerprint density at radius 1 is 1.50 bits per heavy atom. The first kappa shape index (κ1) is 12.1. The number of nitrogens with two attached hydrogens (primary N) is 1. The van der Waals surface area contributed by atoms with Crippen molar-refractivity contribution >= 4 is 11.8 Å². The number of methoxy groups -OCH3 is 1. The van der Waals surface area contributed by atoms with Crippen LogP contribution in [0.5, 0.6) is 0 Å². The van der Waals surface area contributed by atoms with Crippen LogP contribution in [0.4, 0.5) is 5.82 Å². The third-order valence-electron chi connectivity index (χ3n) is 2.54. The first-order valence-corrected chi connectivity index (χ1v) is 5.43. The van der Waals surface area contributed by atoms with Crippen molar-refractivity contribution < 1.29 is 9.53 Å². The Kier molecular flexibility index (Phi) is 3.27. The van der Waals surface area contributed by atoms with Gasteiger partial charge in [0.1, 0.15) is 5.82 Å². The first-order chi connectivity index (χ1) is 8.61. The summed E-state index contributed by atoms with van der Waals surface area (Å²) in [6, 6.07) is 5.73. The highest BCUT2D eigenvalue weighted by molar-refractivity contribution is 5.92. The number of pyridine rings is 1. The van der Waals surface area contributed by atoms with E-state index in [1.807, 2.05) is 25.1 Å². The summed E-state index contributed by atoms with van der Waals surface area (Å²) in [5.41, 5.74) is 7.75. The number of rotatable bonds is 3. The van der Waals surface area contributed by atoms with Gasteiger partial charge < -0.3 is 15.0 Å². The van der Waals surface area contributed by atoms with Gasteiger partial charge in [-0.2, -0.15) is 0 Å². The number of carbonyl (C=O) groups excluding carboxylic acids is 1. The molecule has 0 aliphatic carbocycles. The lowest BCUT2D eigenvalue weighted by molar-refractivity contribution is 0.0596. The van der Waals surface area contributed by atoms with Crippen molar-refractivity contribution in [1.82, 2.24) is 14.5 Å². The number of hydrogen-bond acceptors (Lipinski definition) is 5. The Hall–Kier alpha value is -2.37.